The molecule has 0 bridgehead atoms. The van der Waals surface area contributed by atoms with E-state index in [1.807, 2.05) is 51.1 Å². The first kappa shape index (κ1) is 19.1. The standard InChI is InChI=1S/C24H25N3O2/c1-5-17-7-6-8-19(12-17)27-24-22(16(4)26-27)20(13-21(28)25-24)23(29)18-10-9-14(2)15(3)11-18/h6-12,20H,5,13H2,1-4H3,(H,25,28). The molecular formula is C24H25N3O2. The van der Waals surface area contributed by atoms with Gasteiger partial charge >= 0.3 is 0 Å². The van der Waals surface area contributed by atoms with Crippen LogP contribution in [0, 0.1) is 20.8 Å². The van der Waals surface area contributed by atoms with Gasteiger partial charge in [0.05, 0.1) is 17.3 Å². The summed E-state index contributed by atoms with van der Waals surface area (Å²) >= 11 is 0. The Morgan fingerprint density at radius 3 is 2.66 bits per heavy atom. The molecule has 1 aromatic heterocycles. The lowest BCUT2D eigenvalue weighted by molar-refractivity contribution is -0.116. The summed E-state index contributed by atoms with van der Waals surface area (Å²) in [5.41, 5.74) is 6.50. The molecule has 148 valence electrons. The van der Waals surface area contributed by atoms with Gasteiger partial charge in [-0.2, -0.15) is 5.10 Å². The van der Waals surface area contributed by atoms with Crippen molar-refractivity contribution in [2.75, 3.05) is 5.32 Å². The predicted octanol–water partition coefficient (Wildman–Crippen LogP) is 4.67. The maximum atomic E-state index is 13.4. The van der Waals surface area contributed by atoms with Crippen molar-refractivity contribution in [1.82, 2.24) is 9.78 Å². The first-order chi connectivity index (χ1) is 13.9. The third-order valence-electron chi connectivity index (χ3n) is 5.77. The number of fused-ring (bicyclic) bond motifs is 1. The zero-order chi connectivity index (χ0) is 20.7. The average Bonchev–Trinajstić information content (AvgIpc) is 3.05. The molecule has 0 spiro atoms. The van der Waals surface area contributed by atoms with E-state index in [9.17, 15) is 9.59 Å². The first-order valence-corrected chi connectivity index (χ1v) is 9.99. The molecule has 5 nitrogen and oxygen atoms in total. The Morgan fingerprint density at radius 2 is 1.93 bits per heavy atom. The minimum Gasteiger partial charge on any atom is -0.310 e. The summed E-state index contributed by atoms with van der Waals surface area (Å²) in [4.78, 5) is 25.9. The second kappa shape index (κ2) is 7.32. The molecule has 2 aromatic carbocycles. The molecule has 4 rings (SSSR count). The Balaban J connectivity index is 1.81. The number of hydrogen-bond donors (Lipinski definition) is 1. The van der Waals surface area contributed by atoms with E-state index in [1.54, 1.807) is 4.68 Å². The molecule has 1 amide bonds. The quantitative estimate of drug-likeness (QED) is 0.662. The van der Waals surface area contributed by atoms with Crippen LogP contribution in [-0.4, -0.2) is 21.5 Å². The number of hydrogen-bond acceptors (Lipinski definition) is 3. The fraction of sp³-hybridized carbons (Fsp3) is 0.292. The number of carbonyl (C=O) groups is 2. The lowest BCUT2D eigenvalue weighted by Crippen LogP contribution is -2.28. The van der Waals surface area contributed by atoms with Crippen LogP contribution in [-0.2, 0) is 11.2 Å². The van der Waals surface area contributed by atoms with Gasteiger partial charge in [0.2, 0.25) is 5.91 Å². The van der Waals surface area contributed by atoms with Crippen LogP contribution in [0.1, 0.15) is 57.6 Å². The van der Waals surface area contributed by atoms with E-state index in [2.05, 4.69) is 29.5 Å². The topological polar surface area (TPSA) is 64.0 Å². The van der Waals surface area contributed by atoms with Gasteiger partial charge in [0.25, 0.3) is 0 Å². The third kappa shape index (κ3) is 3.37. The Bertz CT molecular complexity index is 1130. The Hall–Kier alpha value is -3.21. The number of aromatic nitrogens is 2. The van der Waals surface area contributed by atoms with Crippen LogP contribution in [0.2, 0.25) is 0 Å². The largest absolute Gasteiger partial charge is 0.310 e. The molecular weight excluding hydrogens is 362 g/mol. The van der Waals surface area contributed by atoms with E-state index in [0.29, 0.717) is 11.4 Å². The molecule has 29 heavy (non-hydrogen) atoms. The molecule has 0 radical (unpaired) electrons. The number of amides is 1. The lowest BCUT2D eigenvalue weighted by Gasteiger charge is -2.23. The summed E-state index contributed by atoms with van der Waals surface area (Å²) in [5, 5.41) is 7.63. The van der Waals surface area contributed by atoms with Gasteiger partial charge < -0.3 is 5.32 Å². The number of rotatable bonds is 4. The summed E-state index contributed by atoms with van der Waals surface area (Å²) in [6.07, 6.45) is 1.05. The fourth-order valence-electron chi connectivity index (χ4n) is 3.96. The van der Waals surface area contributed by atoms with Crippen molar-refractivity contribution in [1.29, 1.82) is 0 Å². The molecule has 0 saturated carbocycles. The minimum atomic E-state index is -0.524. The maximum Gasteiger partial charge on any atom is 0.226 e. The highest BCUT2D eigenvalue weighted by atomic mass is 16.2. The van der Waals surface area contributed by atoms with Gasteiger partial charge in [0.1, 0.15) is 5.82 Å². The number of nitrogens with zero attached hydrogens (tertiary/aromatic N) is 2. The van der Waals surface area contributed by atoms with Crippen molar-refractivity contribution in [2.24, 2.45) is 0 Å². The van der Waals surface area contributed by atoms with Crippen molar-refractivity contribution < 1.29 is 9.59 Å². The van der Waals surface area contributed by atoms with Crippen molar-refractivity contribution in [3.8, 4) is 5.69 Å². The van der Waals surface area contributed by atoms with E-state index in [4.69, 9.17) is 0 Å². The minimum absolute atomic E-state index is 0.0332. The van der Waals surface area contributed by atoms with Gasteiger partial charge in [0, 0.05) is 17.5 Å². The van der Waals surface area contributed by atoms with E-state index < -0.39 is 5.92 Å². The van der Waals surface area contributed by atoms with E-state index in [1.165, 1.54) is 5.56 Å². The highest BCUT2D eigenvalue weighted by Gasteiger charge is 2.36. The lowest BCUT2D eigenvalue weighted by atomic mass is 9.85. The summed E-state index contributed by atoms with van der Waals surface area (Å²) < 4.78 is 1.75. The maximum absolute atomic E-state index is 13.4. The van der Waals surface area contributed by atoms with Gasteiger partial charge in [-0.25, -0.2) is 4.68 Å². The molecule has 1 atom stereocenters. The van der Waals surface area contributed by atoms with E-state index >= 15 is 0 Å². The normalized spacial score (nSPS) is 15.7. The predicted molar refractivity (Wildman–Crippen MR) is 114 cm³/mol. The fourth-order valence-corrected chi connectivity index (χ4v) is 3.96. The molecule has 0 saturated heterocycles. The Morgan fingerprint density at radius 1 is 1.14 bits per heavy atom. The molecule has 1 unspecified atom stereocenters. The monoisotopic (exact) mass is 387 g/mol. The number of Topliss-reactive ketones (excluding diaryl/α,β-unsaturated/α-hetero) is 1. The number of aryl methyl sites for hydroxylation is 4. The molecule has 1 aliphatic heterocycles. The smallest absolute Gasteiger partial charge is 0.226 e. The van der Waals surface area contributed by atoms with Gasteiger partial charge in [-0.1, -0.05) is 31.2 Å². The number of benzene rings is 2. The summed E-state index contributed by atoms with van der Waals surface area (Å²) in [5.74, 6) is -0.111. The molecule has 2 heterocycles. The van der Waals surface area contributed by atoms with Crippen molar-refractivity contribution in [3.05, 3.63) is 76.0 Å². The second-order valence-electron chi connectivity index (χ2n) is 7.75. The second-order valence-corrected chi connectivity index (χ2v) is 7.75. The molecule has 5 heteroatoms. The Labute approximate surface area is 170 Å². The van der Waals surface area contributed by atoms with Gasteiger partial charge in [0.15, 0.2) is 5.78 Å². The third-order valence-corrected chi connectivity index (χ3v) is 5.77. The summed E-state index contributed by atoms with van der Waals surface area (Å²) in [7, 11) is 0. The van der Waals surface area contributed by atoms with Gasteiger partial charge in [-0.15, -0.1) is 0 Å². The zero-order valence-corrected chi connectivity index (χ0v) is 17.2. The van der Waals surface area contributed by atoms with Gasteiger partial charge in [-0.3, -0.25) is 9.59 Å². The van der Waals surface area contributed by atoms with Crippen LogP contribution in [0.5, 0.6) is 0 Å². The number of carbonyl (C=O) groups excluding carboxylic acids is 2. The highest BCUT2D eigenvalue weighted by Crippen LogP contribution is 2.38. The summed E-state index contributed by atoms with van der Waals surface area (Å²) in [6.45, 7) is 8.02. The van der Waals surface area contributed by atoms with Crippen LogP contribution in [0.4, 0.5) is 5.82 Å². The van der Waals surface area contributed by atoms with Crippen molar-refractivity contribution >= 4 is 17.5 Å². The Kier molecular flexibility index (Phi) is 4.82. The van der Waals surface area contributed by atoms with Crippen molar-refractivity contribution in [3.63, 3.8) is 0 Å². The molecule has 1 aliphatic rings. The molecule has 3 aromatic rings. The van der Waals surface area contributed by atoms with Crippen LogP contribution < -0.4 is 5.32 Å². The SMILES string of the molecule is CCc1cccc(-n2nc(C)c3c2NC(=O)CC3C(=O)c2ccc(C)c(C)c2)c1. The average molecular weight is 387 g/mol. The van der Waals surface area contributed by atoms with Crippen molar-refractivity contribution in [2.45, 2.75) is 46.5 Å². The van der Waals surface area contributed by atoms with Crippen LogP contribution in [0.25, 0.3) is 5.69 Å². The van der Waals surface area contributed by atoms with Gasteiger partial charge in [-0.05, 0) is 62.1 Å². The zero-order valence-electron chi connectivity index (χ0n) is 17.2. The molecule has 0 fully saturated rings. The molecule has 1 N–H and O–H groups in total. The number of nitrogens with one attached hydrogen (secondary N) is 1. The first-order valence-electron chi connectivity index (χ1n) is 9.99. The number of ketones is 1. The number of anilines is 1. The van der Waals surface area contributed by atoms with E-state index in [-0.39, 0.29) is 18.1 Å². The van der Waals surface area contributed by atoms with Crippen LogP contribution in [0.3, 0.4) is 0 Å². The highest BCUT2D eigenvalue weighted by molar-refractivity contribution is 6.08. The van der Waals surface area contributed by atoms with Crippen LogP contribution >= 0.6 is 0 Å². The summed E-state index contributed by atoms with van der Waals surface area (Å²) in [6, 6.07) is 13.8. The van der Waals surface area contributed by atoms with E-state index in [0.717, 1.165) is 34.5 Å². The van der Waals surface area contributed by atoms with Crippen LogP contribution in [0.15, 0.2) is 42.5 Å². The molecule has 0 aliphatic carbocycles.